The van der Waals surface area contributed by atoms with E-state index in [-0.39, 0.29) is 20.3 Å². The summed E-state index contributed by atoms with van der Waals surface area (Å²) in [7, 11) is -2.17. The van der Waals surface area contributed by atoms with Gasteiger partial charge in [-0.15, -0.1) is 0 Å². The van der Waals surface area contributed by atoms with Crippen LogP contribution in [0.25, 0.3) is 0 Å². The van der Waals surface area contributed by atoms with Gasteiger partial charge < -0.3 is 21.6 Å². The summed E-state index contributed by atoms with van der Waals surface area (Å²) in [5.74, 6) is -0.833. The molecule has 0 saturated carbocycles. The van der Waals surface area contributed by atoms with Crippen LogP contribution >= 0.6 is 0 Å². The fourth-order valence-corrected chi connectivity index (χ4v) is 0. The summed E-state index contributed by atoms with van der Waals surface area (Å²) >= 11 is 0. The van der Waals surface area contributed by atoms with Gasteiger partial charge in [-0.3, -0.25) is 4.79 Å². The van der Waals surface area contributed by atoms with E-state index in [9.17, 15) is 0 Å². The third-order valence-corrected chi connectivity index (χ3v) is 0. The van der Waals surface area contributed by atoms with Crippen molar-refractivity contribution in [2.24, 2.45) is 0 Å². The van der Waals surface area contributed by atoms with Gasteiger partial charge in [-0.25, -0.2) is 0 Å². The summed E-state index contributed by atoms with van der Waals surface area (Å²) in [6.45, 7) is 1.08. The Labute approximate surface area is 66.2 Å². The van der Waals surface area contributed by atoms with Crippen LogP contribution in [0.5, 0.6) is 0 Å². The van der Waals surface area contributed by atoms with Crippen LogP contribution in [0.3, 0.4) is 0 Å². The van der Waals surface area contributed by atoms with Gasteiger partial charge in [-0.1, -0.05) is 0 Å². The number of hydrogen-bond acceptors (Lipinski definition) is 4. The third kappa shape index (κ3) is 1900000. The van der Waals surface area contributed by atoms with Gasteiger partial charge in [-0.2, -0.15) is 0 Å². The van der Waals surface area contributed by atoms with E-state index in [0.717, 1.165) is 6.92 Å². The molecule has 0 rings (SSSR count). The van der Waals surface area contributed by atoms with E-state index in [0.29, 0.717) is 0 Å². The average molecular weight is 130 g/mol. The molecule has 0 unspecified atom stereocenters. The van der Waals surface area contributed by atoms with Gasteiger partial charge in [0.2, 0.25) is 0 Å². The Bertz CT molecular complexity index is 63.9. The first-order valence-electron chi connectivity index (χ1n) is 1.70. The topological polar surface area (TPSA) is 98.0 Å². The van der Waals surface area contributed by atoms with Crippen LogP contribution in [0.2, 0.25) is 0 Å². The molecule has 0 aromatic carbocycles. The first kappa shape index (κ1) is 16.0. The van der Waals surface area contributed by atoms with Crippen LogP contribution in [-0.2, 0) is 4.79 Å². The summed E-state index contributed by atoms with van der Waals surface area (Å²) in [4.78, 5) is 9.00. The molecule has 0 aromatic rings. The zero-order valence-corrected chi connectivity index (χ0v) is 5.27. The fourth-order valence-electron chi connectivity index (χ4n) is 0. The predicted molar refractivity (Wildman–Crippen MR) is 26.8 cm³/mol. The molecule has 0 radical (unpaired) electrons. The first-order valence-corrected chi connectivity index (χ1v) is 1.70. The molecule has 0 aliphatic heterocycles. The van der Waals surface area contributed by atoms with Gasteiger partial charge >= 0.3 is 26.2 Å². The minimum atomic E-state index is -2.17. The van der Waals surface area contributed by atoms with Crippen LogP contribution in [-0.4, -0.2) is 33.5 Å². The molecule has 0 spiro atoms. The molecule has 50 valence electrons. The molecule has 0 bridgehead atoms. The Balaban J connectivity index is -0.0000000300. The molecule has 0 fully saturated rings. The molecule has 7 heteroatoms. The van der Waals surface area contributed by atoms with Crippen molar-refractivity contribution < 1.29 is 45.3 Å². The van der Waals surface area contributed by atoms with E-state index in [1.165, 1.54) is 0 Å². The smallest absolute Gasteiger partial charge is 1.00 e. The number of carbonyl (C=O) groups is 1. The quantitative estimate of drug-likeness (QED) is 0.246. The van der Waals surface area contributed by atoms with E-state index < -0.39 is 13.3 Å². The van der Waals surface area contributed by atoms with E-state index in [2.05, 4.69) is 0 Å². The molecule has 0 saturated heterocycles. The van der Waals surface area contributed by atoms with Gasteiger partial charge in [0.25, 0.3) is 5.97 Å². The summed E-state index contributed by atoms with van der Waals surface area (Å²) in [6, 6.07) is 0. The molecule has 0 atom stereocenters. The second-order valence-electron chi connectivity index (χ2n) is 0.865. The van der Waals surface area contributed by atoms with Crippen molar-refractivity contribution >= 4 is 13.3 Å². The Morgan fingerprint density at radius 1 is 1.44 bits per heavy atom. The minimum absolute atomic E-state index is 0. The second-order valence-corrected chi connectivity index (χ2v) is 0.865. The number of aliphatic carboxylic acids is 1. The van der Waals surface area contributed by atoms with Crippen molar-refractivity contribution in [2.45, 2.75) is 6.92 Å². The maximum Gasteiger partial charge on any atom is 1.00 e. The van der Waals surface area contributed by atoms with Crippen LogP contribution in [0.1, 0.15) is 8.35 Å². The van der Waals surface area contributed by atoms with Gasteiger partial charge in [0.1, 0.15) is 0 Å². The first-order chi connectivity index (χ1) is 3.46. The van der Waals surface area contributed by atoms with Crippen molar-refractivity contribution in [1.82, 2.24) is 0 Å². The largest absolute Gasteiger partial charge is 1.00 e. The summed E-state index contributed by atoms with van der Waals surface area (Å²) in [5, 5.41) is 28.9. The molecular weight excluding hydrogens is 122 g/mol. The van der Waals surface area contributed by atoms with Crippen molar-refractivity contribution in [2.75, 3.05) is 0 Å². The average Bonchev–Trinajstić information content (AvgIpc) is 1.25. The standard InChI is InChI=1S/C2H4O2.BH3O3.Li.H/c1-2(3)4;2-1(3)4;;/h1H3,(H,3,4);2-4H;;/q;;+1;-1. The summed E-state index contributed by atoms with van der Waals surface area (Å²) in [6.07, 6.45) is 0. The van der Waals surface area contributed by atoms with Crippen LogP contribution in [0, 0.1) is 0 Å². The van der Waals surface area contributed by atoms with Gasteiger partial charge in [0.15, 0.2) is 0 Å². The van der Waals surface area contributed by atoms with Crippen molar-refractivity contribution in [3.05, 3.63) is 0 Å². The van der Waals surface area contributed by atoms with E-state index in [4.69, 9.17) is 25.0 Å². The summed E-state index contributed by atoms with van der Waals surface area (Å²) in [5.41, 5.74) is 0. The SMILES string of the molecule is CC(=O)O.OB(O)O.[H-].[Li+]. The van der Waals surface area contributed by atoms with Crippen molar-refractivity contribution in [3.63, 3.8) is 0 Å². The van der Waals surface area contributed by atoms with Crippen LogP contribution in [0.4, 0.5) is 0 Å². The maximum atomic E-state index is 9.00. The zero-order valence-electron chi connectivity index (χ0n) is 6.27. The predicted octanol–water partition coefficient (Wildman–Crippen LogP) is -4.84. The summed E-state index contributed by atoms with van der Waals surface area (Å²) < 4.78 is 0. The Kier molecular flexibility index (Phi) is 19.4. The molecule has 0 heterocycles. The van der Waals surface area contributed by atoms with E-state index in [1.54, 1.807) is 0 Å². The molecule has 9 heavy (non-hydrogen) atoms. The maximum absolute atomic E-state index is 9.00. The molecule has 5 nitrogen and oxygen atoms in total. The normalized spacial score (nSPS) is 5.78. The number of hydrogen-bond donors (Lipinski definition) is 4. The van der Waals surface area contributed by atoms with Gasteiger partial charge in [-0.05, 0) is 0 Å². The Morgan fingerprint density at radius 2 is 1.44 bits per heavy atom. The Hall–Kier alpha value is 0.0123. The fraction of sp³-hybridized carbons (Fsp3) is 0.500. The van der Waals surface area contributed by atoms with Gasteiger partial charge in [0, 0.05) is 6.92 Å². The van der Waals surface area contributed by atoms with Crippen molar-refractivity contribution in [3.8, 4) is 0 Å². The Morgan fingerprint density at radius 3 is 1.44 bits per heavy atom. The number of carboxylic acid groups (broad SMARTS) is 1. The molecular formula is C2H8BLiO5. The van der Waals surface area contributed by atoms with E-state index in [1.807, 2.05) is 0 Å². The molecule has 0 aliphatic rings. The monoisotopic (exact) mass is 130 g/mol. The zero-order chi connectivity index (χ0) is 7.15. The minimum Gasteiger partial charge on any atom is -1.00 e. The van der Waals surface area contributed by atoms with Gasteiger partial charge in [0.05, 0.1) is 0 Å². The second kappa shape index (κ2) is 10.9. The number of rotatable bonds is 0. The van der Waals surface area contributed by atoms with Crippen LogP contribution < -0.4 is 18.9 Å². The van der Waals surface area contributed by atoms with E-state index >= 15 is 0 Å². The molecule has 0 aliphatic carbocycles. The van der Waals surface area contributed by atoms with Crippen LogP contribution in [0.15, 0.2) is 0 Å². The molecule has 4 N–H and O–H groups in total. The van der Waals surface area contributed by atoms with Crippen molar-refractivity contribution in [1.29, 1.82) is 0 Å². The third-order valence-electron chi connectivity index (χ3n) is 0. The molecule has 0 amide bonds. The number of carboxylic acids is 1. The molecule has 0 aromatic heterocycles.